The number of carbonyl (C=O) groups is 2. The van der Waals surface area contributed by atoms with E-state index in [1.807, 2.05) is 38.2 Å². The van der Waals surface area contributed by atoms with Crippen molar-refractivity contribution in [3.05, 3.63) is 47.3 Å². The number of fused-ring (bicyclic) bond motifs is 1. The predicted molar refractivity (Wildman–Crippen MR) is 107 cm³/mol. The van der Waals surface area contributed by atoms with Gasteiger partial charge in [-0.2, -0.15) is 5.10 Å². The van der Waals surface area contributed by atoms with Crippen LogP contribution in [-0.2, 0) is 23.1 Å². The number of pyridine rings is 1. The van der Waals surface area contributed by atoms with E-state index in [1.165, 1.54) is 13.1 Å². The van der Waals surface area contributed by atoms with Gasteiger partial charge in [0.05, 0.1) is 23.4 Å². The van der Waals surface area contributed by atoms with Crippen LogP contribution in [0.2, 0.25) is 0 Å². The second kappa shape index (κ2) is 8.08. The number of hydrogen-bond acceptors (Lipinski definition) is 6. The number of carbonyl (C=O) groups excluding carboxylic acids is 2. The Bertz CT molecular complexity index is 1040. The molecule has 0 bridgehead atoms. The van der Waals surface area contributed by atoms with Crippen molar-refractivity contribution >= 4 is 34.3 Å². The number of hydrogen-bond donors (Lipinski definition) is 2. The molecule has 0 unspecified atom stereocenters. The molecule has 28 heavy (non-hydrogen) atoms. The SMILES string of the molecule is CCOC(=O)c1cnc2c(c(C)nn2C)c1NCc1cccc(NC(C)=O)c1. The van der Waals surface area contributed by atoms with E-state index in [9.17, 15) is 9.59 Å². The molecular formula is C20H23N5O3. The normalized spacial score (nSPS) is 10.7. The molecule has 0 aliphatic heterocycles. The molecule has 0 atom stereocenters. The van der Waals surface area contributed by atoms with Crippen LogP contribution >= 0.6 is 0 Å². The van der Waals surface area contributed by atoms with Crippen LogP contribution in [0.1, 0.15) is 35.5 Å². The minimum absolute atomic E-state index is 0.128. The number of nitrogens with zero attached hydrogens (tertiary/aromatic N) is 3. The van der Waals surface area contributed by atoms with Crippen molar-refractivity contribution in [3.63, 3.8) is 0 Å². The molecule has 8 nitrogen and oxygen atoms in total. The molecule has 0 spiro atoms. The number of rotatable bonds is 6. The highest BCUT2D eigenvalue weighted by Gasteiger charge is 2.20. The summed E-state index contributed by atoms with van der Waals surface area (Å²) in [4.78, 5) is 28.1. The van der Waals surface area contributed by atoms with E-state index in [-0.39, 0.29) is 12.5 Å². The van der Waals surface area contributed by atoms with Crippen molar-refractivity contribution in [1.29, 1.82) is 0 Å². The minimum Gasteiger partial charge on any atom is -0.462 e. The summed E-state index contributed by atoms with van der Waals surface area (Å²) in [6.45, 7) is 5.84. The largest absolute Gasteiger partial charge is 0.462 e. The fourth-order valence-corrected chi connectivity index (χ4v) is 3.11. The number of benzene rings is 1. The van der Waals surface area contributed by atoms with Crippen LogP contribution in [0.15, 0.2) is 30.5 Å². The molecule has 0 aliphatic carbocycles. The van der Waals surface area contributed by atoms with Crippen molar-refractivity contribution in [2.75, 3.05) is 17.2 Å². The van der Waals surface area contributed by atoms with E-state index in [0.717, 1.165) is 22.3 Å². The molecule has 0 aliphatic rings. The second-order valence-electron chi connectivity index (χ2n) is 6.41. The number of esters is 1. The average Bonchev–Trinajstić information content (AvgIpc) is 2.94. The summed E-state index contributed by atoms with van der Waals surface area (Å²) in [5, 5.41) is 11.3. The summed E-state index contributed by atoms with van der Waals surface area (Å²) in [6, 6.07) is 7.51. The Kier molecular flexibility index (Phi) is 5.58. The Morgan fingerprint density at radius 1 is 1.29 bits per heavy atom. The fraction of sp³-hybridized carbons (Fsp3) is 0.300. The average molecular weight is 381 g/mol. The Hall–Kier alpha value is -3.42. The van der Waals surface area contributed by atoms with Gasteiger partial charge < -0.3 is 15.4 Å². The van der Waals surface area contributed by atoms with Crippen LogP contribution in [0, 0.1) is 6.92 Å². The molecule has 146 valence electrons. The van der Waals surface area contributed by atoms with Crippen molar-refractivity contribution in [2.24, 2.45) is 7.05 Å². The highest BCUT2D eigenvalue weighted by Crippen LogP contribution is 2.29. The van der Waals surface area contributed by atoms with Gasteiger partial charge >= 0.3 is 5.97 Å². The summed E-state index contributed by atoms with van der Waals surface area (Å²) in [6.07, 6.45) is 1.51. The van der Waals surface area contributed by atoms with Gasteiger partial charge in [-0.1, -0.05) is 12.1 Å². The first kappa shape index (κ1) is 19.3. The van der Waals surface area contributed by atoms with E-state index in [1.54, 1.807) is 11.6 Å². The molecule has 8 heteroatoms. The number of ether oxygens (including phenoxy) is 1. The van der Waals surface area contributed by atoms with Crippen LogP contribution in [0.5, 0.6) is 0 Å². The van der Waals surface area contributed by atoms with Crippen molar-refractivity contribution in [1.82, 2.24) is 14.8 Å². The van der Waals surface area contributed by atoms with E-state index in [4.69, 9.17) is 4.74 Å². The lowest BCUT2D eigenvalue weighted by Gasteiger charge is -2.13. The number of aromatic nitrogens is 3. The van der Waals surface area contributed by atoms with E-state index in [0.29, 0.717) is 23.4 Å². The van der Waals surface area contributed by atoms with Crippen LogP contribution in [-0.4, -0.2) is 33.2 Å². The van der Waals surface area contributed by atoms with E-state index < -0.39 is 5.97 Å². The first-order chi connectivity index (χ1) is 13.4. The molecule has 0 fully saturated rings. The highest BCUT2D eigenvalue weighted by atomic mass is 16.5. The number of nitrogens with one attached hydrogen (secondary N) is 2. The molecule has 2 heterocycles. The lowest BCUT2D eigenvalue weighted by molar-refractivity contribution is -0.114. The Labute approximate surface area is 162 Å². The van der Waals surface area contributed by atoms with Crippen molar-refractivity contribution < 1.29 is 14.3 Å². The Morgan fingerprint density at radius 2 is 2.07 bits per heavy atom. The van der Waals surface area contributed by atoms with Gasteiger partial charge in [0.15, 0.2) is 5.65 Å². The quantitative estimate of drug-likeness (QED) is 0.637. The predicted octanol–water partition coefficient (Wildman–Crippen LogP) is 3.02. The van der Waals surface area contributed by atoms with Crippen LogP contribution < -0.4 is 10.6 Å². The monoisotopic (exact) mass is 381 g/mol. The highest BCUT2D eigenvalue weighted by molar-refractivity contribution is 6.05. The van der Waals surface area contributed by atoms with Gasteiger partial charge in [0.1, 0.15) is 5.56 Å². The fourth-order valence-electron chi connectivity index (χ4n) is 3.11. The lowest BCUT2D eigenvalue weighted by atomic mass is 10.1. The standard InChI is InChI=1S/C20H23N5O3/c1-5-28-20(27)16-11-22-19-17(12(2)24-25(19)4)18(16)21-10-14-7-6-8-15(9-14)23-13(3)26/h6-9,11H,5,10H2,1-4H3,(H,21,22)(H,23,26). The summed E-state index contributed by atoms with van der Waals surface area (Å²) < 4.78 is 6.87. The summed E-state index contributed by atoms with van der Waals surface area (Å²) >= 11 is 0. The zero-order chi connectivity index (χ0) is 20.3. The van der Waals surface area contributed by atoms with Gasteiger partial charge in [0.2, 0.25) is 5.91 Å². The van der Waals surface area contributed by atoms with Crippen LogP contribution in [0.3, 0.4) is 0 Å². The molecule has 0 saturated carbocycles. The van der Waals surface area contributed by atoms with E-state index >= 15 is 0 Å². The van der Waals surface area contributed by atoms with Crippen molar-refractivity contribution in [3.8, 4) is 0 Å². The van der Waals surface area contributed by atoms with Gasteiger partial charge in [-0.3, -0.25) is 9.48 Å². The summed E-state index contributed by atoms with van der Waals surface area (Å²) in [5.41, 5.74) is 4.12. The molecular weight excluding hydrogens is 358 g/mol. The maximum atomic E-state index is 12.4. The van der Waals surface area contributed by atoms with Gasteiger partial charge in [0.25, 0.3) is 0 Å². The summed E-state index contributed by atoms with van der Waals surface area (Å²) in [7, 11) is 1.81. The molecule has 3 aromatic rings. The zero-order valence-corrected chi connectivity index (χ0v) is 16.4. The van der Waals surface area contributed by atoms with Gasteiger partial charge in [0, 0.05) is 32.4 Å². The van der Waals surface area contributed by atoms with E-state index in [2.05, 4.69) is 20.7 Å². The number of amides is 1. The first-order valence-corrected chi connectivity index (χ1v) is 9.00. The minimum atomic E-state index is -0.436. The lowest BCUT2D eigenvalue weighted by Crippen LogP contribution is -2.12. The smallest absolute Gasteiger partial charge is 0.341 e. The molecule has 1 aromatic carbocycles. The second-order valence-corrected chi connectivity index (χ2v) is 6.41. The van der Waals surface area contributed by atoms with Gasteiger partial charge in [-0.15, -0.1) is 0 Å². The number of aryl methyl sites for hydroxylation is 2. The molecule has 0 saturated heterocycles. The van der Waals surface area contributed by atoms with Crippen molar-refractivity contribution in [2.45, 2.75) is 27.3 Å². The third kappa shape index (κ3) is 3.95. The molecule has 0 radical (unpaired) electrons. The third-order valence-corrected chi connectivity index (χ3v) is 4.24. The Balaban J connectivity index is 1.98. The van der Waals surface area contributed by atoms with Gasteiger partial charge in [-0.25, -0.2) is 9.78 Å². The molecule has 1 amide bonds. The topological polar surface area (TPSA) is 98.1 Å². The van der Waals surface area contributed by atoms with Crippen LogP contribution in [0.25, 0.3) is 11.0 Å². The Morgan fingerprint density at radius 3 is 2.79 bits per heavy atom. The summed E-state index contributed by atoms with van der Waals surface area (Å²) in [5.74, 6) is -0.564. The number of anilines is 2. The molecule has 3 rings (SSSR count). The molecule has 2 aromatic heterocycles. The van der Waals surface area contributed by atoms with Gasteiger partial charge in [-0.05, 0) is 31.5 Å². The third-order valence-electron chi connectivity index (χ3n) is 4.24. The maximum Gasteiger partial charge on any atom is 0.341 e. The first-order valence-electron chi connectivity index (χ1n) is 9.00. The van der Waals surface area contributed by atoms with Crippen LogP contribution in [0.4, 0.5) is 11.4 Å². The molecule has 2 N–H and O–H groups in total. The zero-order valence-electron chi connectivity index (χ0n) is 16.4. The maximum absolute atomic E-state index is 12.4.